The molecule has 0 bridgehead atoms. The van der Waals surface area contributed by atoms with Gasteiger partial charge in [-0.05, 0) is 41.5 Å². The molecule has 0 aliphatic heterocycles. The average molecular weight is 720 g/mol. The zero-order valence-electron chi connectivity index (χ0n) is 29.8. The summed E-state index contributed by atoms with van der Waals surface area (Å²) in [5.41, 5.74) is 10.8. The summed E-state index contributed by atoms with van der Waals surface area (Å²) in [4.78, 5) is 25.8. The second-order valence-corrected chi connectivity index (χ2v) is 13.6. The zero-order chi connectivity index (χ0) is 37.0. The Balaban J connectivity index is 1.21. The van der Waals surface area contributed by atoms with Crippen molar-refractivity contribution in [1.29, 1.82) is 0 Å². The summed E-state index contributed by atoms with van der Waals surface area (Å²) in [7, 11) is 0. The molecule has 0 fully saturated rings. The van der Waals surface area contributed by atoms with Gasteiger partial charge in [0.15, 0.2) is 28.9 Å². The van der Waals surface area contributed by atoms with Gasteiger partial charge in [0.25, 0.3) is 0 Å². The van der Waals surface area contributed by atoms with Crippen LogP contribution in [0.4, 0.5) is 0 Å². The minimum Gasteiger partial charge on any atom is -0.456 e. The highest BCUT2D eigenvalue weighted by atomic mass is 16.3. The zero-order valence-corrected chi connectivity index (χ0v) is 29.8. The number of nitrogens with zero attached hydrogens (tertiary/aromatic N) is 5. The van der Waals surface area contributed by atoms with Crippen LogP contribution < -0.4 is 0 Å². The van der Waals surface area contributed by atoms with Gasteiger partial charge in [0.05, 0.1) is 0 Å². The molecule has 11 aromatic rings. The molecule has 11 rings (SSSR count). The molecule has 0 aliphatic carbocycles. The fourth-order valence-electron chi connectivity index (χ4n) is 7.54. The highest BCUT2D eigenvalue weighted by Gasteiger charge is 2.22. The molecule has 7 heteroatoms. The van der Waals surface area contributed by atoms with Crippen LogP contribution in [0.1, 0.15) is 0 Å². The number of hydrogen-bond donors (Lipinski definition) is 0. The van der Waals surface area contributed by atoms with Crippen molar-refractivity contribution in [2.75, 3.05) is 0 Å². The molecule has 0 N–H and O–H groups in total. The lowest BCUT2D eigenvalue weighted by Gasteiger charge is -2.15. The predicted octanol–water partition coefficient (Wildman–Crippen LogP) is 12.5. The van der Waals surface area contributed by atoms with Gasteiger partial charge in [-0.1, -0.05) is 146 Å². The third-order valence-corrected chi connectivity index (χ3v) is 10.2. The molecule has 0 radical (unpaired) electrons. The van der Waals surface area contributed by atoms with Crippen molar-refractivity contribution >= 4 is 44.0 Å². The molecule has 0 unspecified atom stereocenters. The molecule has 262 valence electrons. The van der Waals surface area contributed by atoms with Crippen LogP contribution in [0.15, 0.2) is 185 Å². The SMILES string of the molecule is c1ccc(-c2nc(-c3ccccc3)nc(-c3cc(-c4nc(-c5ccccc5)c5oc6ccccc6c5n4)ccc3-c3cccc4oc5ccccc5c34)n2)cc1. The molecular formula is C49H29N5O2. The summed E-state index contributed by atoms with van der Waals surface area (Å²) in [5.74, 6) is 2.24. The summed E-state index contributed by atoms with van der Waals surface area (Å²) in [6, 6.07) is 58.8. The van der Waals surface area contributed by atoms with E-state index in [0.717, 1.165) is 83.1 Å². The van der Waals surface area contributed by atoms with Gasteiger partial charge in [0.2, 0.25) is 0 Å². The Bertz CT molecular complexity index is 3190. The Hall–Kier alpha value is -7.77. The Labute approximate surface area is 320 Å². The molecule has 4 aromatic heterocycles. The summed E-state index contributed by atoms with van der Waals surface area (Å²) in [6.45, 7) is 0. The molecule has 0 amide bonds. The summed E-state index contributed by atoms with van der Waals surface area (Å²) < 4.78 is 12.8. The Morgan fingerprint density at radius 3 is 1.57 bits per heavy atom. The van der Waals surface area contributed by atoms with Gasteiger partial charge in [-0.15, -0.1) is 0 Å². The minimum absolute atomic E-state index is 0.525. The Morgan fingerprint density at radius 1 is 0.321 bits per heavy atom. The largest absolute Gasteiger partial charge is 0.456 e. The quantitative estimate of drug-likeness (QED) is 0.169. The van der Waals surface area contributed by atoms with Gasteiger partial charge in [-0.2, -0.15) is 0 Å². The molecule has 7 aromatic carbocycles. The first-order valence-corrected chi connectivity index (χ1v) is 18.4. The highest BCUT2D eigenvalue weighted by molar-refractivity contribution is 6.14. The molecule has 0 saturated heterocycles. The van der Waals surface area contributed by atoms with Crippen molar-refractivity contribution in [3.05, 3.63) is 176 Å². The van der Waals surface area contributed by atoms with Crippen LogP contribution in [0.3, 0.4) is 0 Å². The lowest BCUT2D eigenvalue weighted by molar-refractivity contribution is 0.667. The molecule has 0 atom stereocenters. The summed E-state index contributed by atoms with van der Waals surface area (Å²) in [6.07, 6.45) is 0. The third kappa shape index (κ3) is 5.33. The van der Waals surface area contributed by atoms with Crippen LogP contribution in [0, 0.1) is 0 Å². The van der Waals surface area contributed by atoms with E-state index in [0.29, 0.717) is 28.9 Å². The summed E-state index contributed by atoms with van der Waals surface area (Å²) in [5, 5.41) is 2.98. The molecule has 0 saturated carbocycles. The van der Waals surface area contributed by atoms with Gasteiger partial charge in [-0.25, -0.2) is 24.9 Å². The lowest BCUT2D eigenvalue weighted by atomic mass is 9.93. The fraction of sp³-hybridized carbons (Fsp3) is 0. The molecule has 56 heavy (non-hydrogen) atoms. The number of furan rings is 2. The van der Waals surface area contributed by atoms with Gasteiger partial charge in [-0.3, -0.25) is 0 Å². The Morgan fingerprint density at radius 2 is 0.875 bits per heavy atom. The highest BCUT2D eigenvalue weighted by Crippen LogP contribution is 2.42. The number of para-hydroxylation sites is 2. The van der Waals surface area contributed by atoms with Gasteiger partial charge in [0, 0.05) is 44.0 Å². The van der Waals surface area contributed by atoms with E-state index in [2.05, 4.69) is 30.3 Å². The molecule has 0 spiro atoms. The molecule has 4 heterocycles. The first-order valence-electron chi connectivity index (χ1n) is 18.4. The van der Waals surface area contributed by atoms with Crippen LogP contribution in [0.25, 0.3) is 112 Å². The maximum Gasteiger partial charge on any atom is 0.180 e. The first kappa shape index (κ1) is 31.7. The number of rotatable bonds is 6. The van der Waals surface area contributed by atoms with Crippen LogP contribution in [-0.2, 0) is 0 Å². The van der Waals surface area contributed by atoms with Crippen LogP contribution in [-0.4, -0.2) is 24.9 Å². The maximum atomic E-state index is 6.42. The number of aromatic nitrogens is 5. The minimum atomic E-state index is 0.525. The summed E-state index contributed by atoms with van der Waals surface area (Å²) >= 11 is 0. The van der Waals surface area contributed by atoms with Crippen LogP contribution >= 0.6 is 0 Å². The maximum absolute atomic E-state index is 6.42. The molecular weight excluding hydrogens is 691 g/mol. The third-order valence-electron chi connectivity index (χ3n) is 10.2. The van der Waals surface area contributed by atoms with E-state index in [1.807, 2.05) is 146 Å². The monoisotopic (exact) mass is 719 g/mol. The van der Waals surface area contributed by atoms with E-state index in [9.17, 15) is 0 Å². The molecule has 0 aliphatic rings. The Kier molecular flexibility index (Phi) is 7.35. The molecule has 7 nitrogen and oxygen atoms in total. The van der Waals surface area contributed by atoms with E-state index >= 15 is 0 Å². The van der Waals surface area contributed by atoms with Gasteiger partial charge < -0.3 is 8.83 Å². The van der Waals surface area contributed by atoms with Crippen LogP contribution in [0.5, 0.6) is 0 Å². The first-order chi connectivity index (χ1) is 27.7. The van der Waals surface area contributed by atoms with Crippen molar-refractivity contribution in [1.82, 2.24) is 24.9 Å². The van der Waals surface area contributed by atoms with Crippen molar-refractivity contribution in [2.24, 2.45) is 0 Å². The van der Waals surface area contributed by atoms with E-state index in [1.165, 1.54) is 0 Å². The number of hydrogen-bond acceptors (Lipinski definition) is 7. The van der Waals surface area contributed by atoms with Crippen molar-refractivity contribution in [3.63, 3.8) is 0 Å². The van der Waals surface area contributed by atoms with Crippen molar-refractivity contribution < 1.29 is 8.83 Å². The predicted molar refractivity (Wildman–Crippen MR) is 223 cm³/mol. The van der Waals surface area contributed by atoms with Crippen LogP contribution in [0.2, 0.25) is 0 Å². The fourth-order valence-corrected chi connectivity index (χ4v) is 7.54. The number of benzene rings is 7. The average Bonchev–Trinajstić information content (AvgIpc) is 3.85. The van der Waals surface area contributed by atoms with Crippen molar-refractivity contribution in [2.45, 2.75) is 0 Å². The second kappa shape index (κ2) is 13.0. The van der Waals surface area contributed by atoms with E-state index in [-0.39, 0.29) is 0 Å². The van der Waals surface area contributed by atoms with E-state index in [4.69, 9.17) is 33.8 Å². The van der Waals surface area contributed by atoms with E-state index < -0.39 is 0 Å². The smallest absolute Gasteiger partial charge is 0.180 e. The van der Waals surface area contributed by atoms with E-state index in [1.54, 1.807) is 0 Å². The topological polar surface area (TPSA) is 90.7 Å². The second-order valence-electron chi connectivity index (χ2n) is 13.6. The lowest BCUT2D eigenvalue weighted by Crippen LogP contribution is -2.02. The number of fused-ring (bicyclic) bond motifs is 6. The standard InChI is InChI=1S/C49H29N5O2/c1-4-15-30(16-5-1)43-45-44(37-22-11-13-25-40(37)56-45)51-48(50-43)33-27-28-34(35-23-14-26-41-42(35)36-21-10-12-24-39(36)55-41)38(29-33)49-53-46(31-17-6-2-7-18-31)52-47(54-49)32-19-8-3-9-20-32/h1-29H. The normalized spacial score (nSPS) is 11.6. The van der Waals surface area contributed by atoms with Gasteiger partial charge in [0.1, 0.15) is 28.0 Å². The van der Waals surface area contributed by atoms with Crippen molar-refractivity contribution in [3.8, 4) is 67.9 Å². The van der Waals surface area contributed by atoms with Gasteiger partial charge >= 0.3 is 0 Å².